The van der Waals surface area contributed by atoms with E-state index in [1.54, 1.807) is 24.3 Å². The van der Waals surface area contributed by atoms with E-state index in [1.807, 2.05) is 0 Å². The summed E-state index contributed by atoms with van der Waals surface area (Å²) in [5, 5.41) is 0.515. The molecule has 1 saturated heterocycles. The Hall–Kier alpha value is -2.21. The van der Waals surface area contributed by atoms with E-state index in [0.29, 0.717) is 22.4 Å². The summed E-state index contributed by atoms with van der Waals surface area (Å²) in [5.74, 6) is -0.921. The third-order valence-corrected chi connectivity index (χ3v) is 6.34. The molecule has 3 fully saturated rings. The Labute approximate surface area is 161 Å². The number of fused-ring (bicyclic) bond motifs is 5. The molecule has 2 bridgehead atoms. The number of esters is 1. The molecule has 1 aromatic carbocycles. The first-order chi connectivity index (χ1) is 13.0. The summed E-state index contributed by atoms with van der Waals surface area (Å²) in [6, 6.07) is 6.30. The van der Waals surface area contributed by atoms with Gasteiger partial charge in [0.25, 0.3) is 0 Å². The number of carbonyl (C=O) groups is 4. The topological polar surface area (TPSA) is 80.8 Å². The van der Waals surface area contributed by atoms with Crippen molar-refractivity contribution in [1.29, 1.82) is 0 Å². The highest BCUT2D eigenvalue weighted by Crippen LogP contribution is 2.56. The predicted molar refractivity (Wildman–Crippen MR) is 95.9 cm³/mol. The molecule has 3 aliphatic rings. The summed E-state index contributed by atoms with van der Waals surface area (Å²) < 4.78 is 5.00. The van der Waals surface area contributed by atoms with Gasteiger partial charge in [-0.15, -0.1) is 0 Å². The molecule has 0 N–H and O–H groups in total. The number of rotatable bonds is 6. The van der Waals surface area contributed by atoms with Crippen molar-refractivity contribution in [3.05, 3.63) is 34.9 Å². The van der Waals surface area contributed by atoms with Gasteiger partial charge < -0.3 is 4.74 Å². The Balaban J connectivity index is 1.27. The maximum atomic E-state index is 12.6. The Kier molecular flexibility index (Phi) is 4.76. The van der Waals surface area contributed by atoms with Crippen LogP contribution in [-0.2, 0) is 19.1 Å². The van der Waals surface area contributed by atoms with Gasteiger partial charge in [-0.2, -0.15) is 0 Å². The zero-order valence-electron chi connectivity index (χ0n) is 14.7. The minimum Gasteiger partial charge on any atom is -0.457 e. The zero-order chi connectivity index (χ0) is 19.1. The molecule has 4 rings (SSSR count). The second-order valence-electron chi connectivity index (χ2n) is 7.55. The molecular weight excluding hydrogens is 370 g/mol. The van der Waals surface area contributed by atoms with Crippen LogP contribution in [0.4, 0.5) is 0 Å². The number of ether oxygens (including phenoxy) is 1. The van der Waals surface area contributed by atoms with Gasteiger partial charge in [-0.1, -0.05) is 11.6 Å². The molecule has 0 aromatic heterocycles. The van der Waals surface area contributed by atoms with Crippen LogP contribution in [0, 0.1) is 23.7 Å². The molecule has 142 valence electrons. The fourth-order valence-electron chi connectivity index (χ4n) is 4.83. The molecule has 0 spiro atoms. The van der Waals surface area contributed by atoms with Crippen LogP contribution < -0.4 is 0 Å². The Bertz CT molecular complexity index is 777. The quantitative estimate of drug-likeness (QED) is 0.424. The maximum absolute atomic E-state index is 12.6. The molecular formula is C20H20ClNO5. The Morgan fingerprint density at radius 1 is 1.04 bits per heavy atom. The average Bonchev–Trinajstić information content (AvgIpc) is 3.33. The summed E-state index contributed by atoms with van der Waals surface area (Å²) in [6.45, 7) is -0.351. The first-order valence-electron chi connectivity index (χ1n) is 9.25. The van der Waals surface area contributed by atoms with Crippen molar-refractivity contribution in [2.75, 3.05) is 13.2 Å². The standard InChI is InChI=1S/C20H20ClNO5/c21-14-5-3-11(4-6-14)15(23)10-27-16(24)7-8-22-19(25)17-12-1-2-13(9-12)18(17)20(22)26/h3-6,12-13,17-18H,1-2,7-10H2/t12-,13-,17-,18+/m0/s1. The molecule has 2 aliphatic carbocycles. The van der Waals surface area contributed by atoms with Crippen LogP contribution in [-0.4, -0.2) is 41.6 Å². The number of likely N-dealkylation sites (tertiary alicyclic amines) is 1. The molecule has 0 unspecified atom stereocenters. The van der Waals surface area contributed by atoms with E-state index in [1.165, 1.54) is 4.90 Å². The summed E-state index contributed by atoms with van der Waals surface area (Å²) in [5.41, 5.74) is 0.403. The molecule has 1 aliphatic heterocycles. The highest BCUT2D eigenvalue weighted by Gasteiger charge is 2.60. The van der Waals surface area contributed by atoms with Crippen molar-refractivity contribution >= 4 is 35.2 Å². The van der Waals surface area contributed by atoms with Crippen molar-refractivity contribution < 1.29 is 23.9 Å². The summed E-state index contributed by atoms with van der Waals surface area (Å²) in [6.07, 6.45) is 2.93. The number of carbonyl (C=O) groups excluding carboxylic acids is 4. The van der Waals surface area contributed by atoms with E-state index in [-0.39, 0.29) is 49.0 Å². The molecule has 1 heterocycles. The summed E-state index contributed by atoms with van der Waals surface area (Å²) in [4.78, 5) is 50.3. The fraction of sp³-hybridized carbons (Fsp3) is 0.500. The van der Waals surface area contributed by atoms with Gasteiger partial charge >= 0.3 is 5.97 Å². The van der Waals surface area contributed by atoms with Gasteiger partial charge in [-0.25, -0.2) is 0 Å². The number of imide groups is 1. The molecule has 0 radical (unpaired) electrons. The maximum Gasteiger partial charge on any atom is 0.308 e. The van der Waals surface area contributed by atoms with Crippen molar-refractivity contribution in [3.8, 4) is 0 Å². The largest absolute Gasteiger partial charge is 0.457 e. The number of nitrogens with zero attached hydrogens (tertiary/aromatic N) is 1. The predicted octanol–water partition coefficient (Wildman–Crippen LogP) is 2.49. The lowest BCUT2D eigenvalue weighted by atomic mass is 9.81. The first-order valence-corrected chi connectivity index (χ1v) is 9.63. The van der Waals surface area contributed by atoms with Crippen molar-refractivity contribution in [2.45, 2.75) is 25.7 Å². The average molecular weight is 390 g/mol. The van der Waals surface area contributed by atoms with Crippen LogP contribution in [0.15, 0.2) is 24.3 Å². The van der Waals surface area contributed by atoms with Gasteiger partial charge in [-0.05, 0) is 55.4 Å². The molecule has 4 atom stereocenters. The lowest BCUT2D eigenvalue weighted by molar-refractivity contribution is -0.145. The van der Waals surface area contributed by atoms with Crippen LogP contribution in [0.3, 0.4) is 0 Å². The highest BCUT2D eigenvalue weighted by molar-refractivity contribution is 6.30. The zero-order valence-corrected chi connectivity index (χ0v) is 15.5. The van der Waals surface area contributed by atoms with E-state index < -0.39 is 5.97 Å². The number of halogens is 1. The number of hydrogen-bond donors (Lipinski definition) is 0. The van der Waals surface area contributed by atoms with E-state index >= 15 is 0 Å². The fourth-order valence-corrected chi connectivity index (χ4v) is 4.96. The van der Waals surface area contributed by atoms with Crippen LogP contribution in [0.1, 0.15) is 36.0 Å². The number of benzene rings is 1. The second-order valence-corrected chi connectivity index (χ2v) is 7.99. The van der Waals surface area contributed by atoms with Crippen LogP contribution in [0.25, 0.3) is 0 Å². The number of ketones is 1. The van der Waals surface area contributed by atoms with Crippen molar-refractivity contribution in [3.63, 3.8) is 0 Å². The van der Waals surface area contributed by atoms with Gasteiger partial charge in [-0.3, -0.25) is 24.1 Å². The minimum atomic E-state index is -0.599. The number of hydrogen-bond acceptors (Lipinski definition) is 5. The molecule has 2 saturated carbocycles. The van der Waals surface area contributed by atoms with E-state index in [9.17, 15) is 19.2 Å². The lowest BCUT2D eigenvalue weighted by Gasteiger charge is -2.19. The smallest absolute Gasteiger partial charge is 0.308 e. The highest BCUT2D eigenvalue weighted by atomic mass is 35.5. The Morgan fingerprint density at radius 2 is 1.63 bits per heavy atom. The van der Waals surface area contributed by atoms with E-state index in [2.05, 4.69) is 0 Å². The van der Waals surface area contributed by atoms with Gasteiger partial charge in [0.1, 0.15) is 0 Å². The third kappa shape index (κ3) is 3.27. The minimum absolute atomic E-state index is 0.0259. The van der Waals surface area contributed by atoms with Gasteiger partial charge in [0.05, 0.1) is 18.3 Å². The number of Topliss-reactive ketones (excluding diaryl/α,β-unsaturated/α-hetero) is 1. The van der Waals surface area contributed by atoms with Crippen molar-refractivity contribution in [2.24, 2.45) is 23.7 Å². The number of amides is 2. The Morgan fingerprint density at radius 3 is 2.22 bits per heavy atom. The lowest BCUT2D eigenvalue weighted by Crippen LogP contribution is -2.35. The van der Waals surface area contributed by atoms with Gasteiger partial charge in [0, 0.05) is 17.1 Å². The molecule has 2 amide bonds. The normalized spacial score (nSPS) is 28.6. The monoisotopic (exact) mass is 389 g/mol. The summed E-state index contributed by atoms with van der Waals surface area (Å²) >= 11 is 5.77. The SMILES string of the molecule is O=C(CCN1C(=O)[C@@H]2[C@H]3CC[C@@H](C3)[C@@H]2C1=O)OCC(=O)c1ccc(Cl)cc1. The molecule has 27 heavy (non-hydrogen) atoms. The van der Waals surface area contributed by atoms with Crippen LogP contribution in [0.2, 0.25) is 5.02 Å². The second kappa shape index (κ2) is 7.08. The molecule has 1 aromatic rings. The molecule has 7 heteroatoms. The first kappa shape index (κ1) is 18.2. The van der Waals surface area contributed by atoms with Crippen LogP contribution >= 0.6 is 11.6 Å². The summed E-state index contributed by atoms with van der Waals surface area (Å²) in [7, 11) is 0. The van der Waals surface area contributed by atoms with Crippen LogP contribution in [0.5, 0.6) is 0 Å². The van der Waals surface area contributed by atoms with Gasteiger partial charge in [0.2, 0.25) is 11.8 Å². The third-order valence-electron chi connectivity index (χ3n) is 6.09. The van der Waals surface area contributed by atoms with Gasteiger partial charge in [0.15, 0.2) is 12.4 Å². The van der Waals surface area contributed by atoms with E-state index in [0.717, 1.165) is 19.3 Å². The molecule has 6 nitrogen and oxygen atoms in total. The van der Waals surface area contributed by atoms with Crippen molar-refractivity contribution in [1.82, 2.24) is 4.90 Å². The van der Waals surface area contributed by atoms with E-state index in [4.69, 9.17) is 16.3 Å².